The summed E-state index contributed by atoms with van der Waals surface area (Å²) in [4.78, 5) is 26.8. The molecular weight excluding hydrogens is 246 g/mol. The highest BCUT2D eigenvalue weighted by Crippen LogP contribution is 2.31. The van der Waals surface area contributed by atoms with Crippen molar-refractivity contribution in [2.45, 2.75) is 6.04 Å². The molecule has 2 amide bonds. The van der Waals surface area contributed by atoms with E-state index in [2.05, 4.69) is 0 Å². The van der Waals surface area contributed by atoms with E-state index in [0.29, 0.717) is 17.0 Å². The number of ether oxygens (including phenoxy) is 1. The van der Waals surface area contributed by atoms with Crippen molar-refractivity contribution in [3.05, 3.63) is 23.8 Å². The lowest BCUT2D eigenvalue weighted by atomic mass is 10.1. The van der Waals surface area contributed by atoms with Gasteiger partial charge in [0.25, 0.3) is 5.91 Å². The van der Waals surface area contributed by atoms with E-state index in [9.17, 15) is 9.59 Å². The van der Waals surface area contributed by atoms with Crippen molar-refractivity contribution in [3.8, 4) is 5.75 Å². The van der Waals surface area contributed by atoms with Crippen molar-refractivity contribution in [2.24, 2.45) is 5.73 Å². The summed E-state index contributed by atoms with van der Waals surface area (Å²) >= 11 is 0. The highest BCUT2D eigenvalue weighted by molar-refractivity contribution is 6.01. The summed E-state index contributed by atoms with van der Waals surface area (Å²) in [5.74, 6) is 0.199. The molecule has 1 unspecified atom stereocenters. The average molecular weight is 263 g/mol. The van der Waals surface area contributed by atoms with Crippen LogP contribution >= 0.6 is 0 Å². The Morgan fingerprint density at radius 1 is 1.47 bits per heavy atom. The van der Waals surface area contributed by atoms with E-state index in [-0.39, 0.29) is 18.4 Å². The first-order chi connectivity index (χ1) is 8.91. The summed E-state index contributed by atoms with van der Waals surface area (Å²) in [5, 5.41) is 0. The maximum absolute atomic E-state index is 11.9. The van der Waals surface area contributed by atoms with Gasteiger partial charge >= 0.3 is 0 Å². The van der Waals surface area contributed by atoms with Crippen LogP contribution in [0.1, 0.15) is 10.4 Å². The number of hydrogen-bond donors (Lipinski definition) is 1. The summed E-state index contributed by atoms with van der Waals surface area (Å²) < 4.78 is 5.48. The minimum absolute atomic E-state index is 0.128. The molecule has 6 heteroatoms. The number of benzene rings is 1. The molecule has 1 aromatic rings. The number of likely N-dealkylation sites (N-methyl/N-ethyl adjacent to an activating group) is 1. The van der Waals surface area contributed by atoms with E-state index in [0.717, 1.165) is 0 Å². The van der Waals surface area contributed by atoms with E-state index in [1.165, 1.54) is 9.80 Å². The zero-order valence-corrected chi connectivity index (χ0v) is 11.2. The monoisotopic (exact) mass is 263 g/mol. The summed E-state index contributed by atoms with van der Waals surface area (Å²) in [6.45, 7) is 0.136. The largest absolute Gasteiger partial charge is 0.489 e. The number of nitrogens with two attached hydrogens (primary N) is 1. The van der Waals surface area contributed by atoms with Gasteiger partial charge in [-0.05, 0) is 18.2 Å². The molecule has 0 saturated carbocycles. The number of nitrogens with zero attached hydrogens (tertiary/aromatic N) is 2. The number of fused-ring (bicyclic) bond motifs is 1. The molecule has 1 atom stereocenters. The second-order valence-corrected chi connectivity index (χ2v) is 4.70. The van der Waals surface area contributed by atoms with Crippen LogP contribution < -0.4 is 15.4 Å². The minimum atomic E-state index is -0.689. The van der Waals surface area contributed by atoms with Gasteiger partial charge in [0.1, 0.15) is 18.4 Å². The number of hydrogen-bond acceptors (Lipinski definition) is 4. The van der Waals surface area contributed by atoms with E-state index >= 15 is 0 Å². The first kappa shape index (κ1) is 13.4. The predicted octanol–water partition coefficient (Wildman–Crippen LogP) is 0.0709. The Bertz CT molecular complexity index is 528. The molecule has 1 aliphatic heterocycles. The Morgan fingerprint density at radius 3 is 2.79 bits per heavy atom. The van der Waals surface area contributed by atoms with E-state index in [4.69, 9.17) is 10.5 Å². The van der Waals surface area contributed by atoms with E-state index < -0.39 is 6.04 Å². The third-order valence-corrected chi connectivity index (χ3v) is 3.04. The van der Waals surface area contributed by atoms with Gasteiger partial charge in [-0.15, -0.1) is 0 Å². The number of rotatable bonds is 1. The summed E-state index contributed by atoms with van der Waals surface area (Å²) in [6, 6.07) is 4.32. The van der Waals surface area contributed by atoms with Crippen molar-refractivity contribution in [1.29, 1.82) is 0 Å². The number of carbonyl (C=O) groups excluding carboxylic acids is 2. The molecular formula is C13H17N3O3. The molecule has 1 heterocycles. The third-order valence-electron chi connectivity index (χ3n) is 3.04. The molecule has 1 aliphatic rings. The molecule has 0 spiro atoms. The molecule has 0 saturated heterocycles. The Morgan fingerprint density at radius 2 is 2.16 bits per heavy atom. The fraction of sp³-hybridized carbons (Fsp3) is 0.385. The molecule has 0 radical (unpaired) electrons. The first-order valence-corrected chi connectivity index (χ1v) is 5.93. The van der Waals surface area contributed by atoms with Gasteiger partial charge < -0.3 is 20.3 Å². The second-order valence-electron chi connectivity index (χ2n) is 4.70. The lowest BCUT2D eigenvalue weighted by Crippen LogP contribution is -2.43. The van der Waals surface area contributed by atoms with Gasteiger partial charge in [0.2, 0.25) is 5.91 Å². The lowest BCUT2D eigenvalue weighted by Gasteiger charge is -2.19. The van der Waals surface area contributed by atoms with Crippen molar-refractivity contribution >= 4 is 17.5 Å². The van der Waals surface area contributed by atoms with Crippen molar-refractivity contribution in [1.82, 2.24) is 4.90 Å². The summed E-state index contributed by atoms with van der Waals surface area (Å²) in [5.41, 5.74) is 6.77. The zero-order valence-electron chi connectivity index (χ0n) is 11.2. The summed E-state index contributed by atoms with van der Waals surface area (Å²) in [7, 11) is 4.98. The van der Waals surface area contributed by atoms with Crippen LogP contribution in [-0.4, -0.2) is 50.5 Å². The van der Waals surface area contributed by atoms with Crippen LogP contribution in [0.3, 0.4) is 0 Å². The van der Waals surface area contributed by atoms with Gasteiger partial charge in [-0.3, -0.25) is 9.59 Å². The predicted molar refractivity (Wildman–Crippen MR) is 71.3 cm³/mol. The molecule has 0 bridgehead atoms. The molecule has 0 fully saturated rings. The lowest BCUT2D eigenvalue weighted by molar-refractivity contribution is -0.119. The molecule has 0 aromatic heterocycles. The highest BCUT2D eigenvalue weighted by Gasteiger charge is 2.27. The van der Waals surface area contributed by atoms with Gasteiger partial charge in [-0.2, -0.15) is 0 Å². The van der Waals surface area contributed by atoms with Gasteiger partial charge in [-0.1, -0.05) is 0 Å². The molecule has 2 N–H and O–H groups in total. The van der Waals surface area contributed by atoms with Gasteiger partial charge in [0.15, 0.2) is 0 Å². The van der Waals surface area contributed by atoms with Crippen LogP contribution in [0.25, 0.3) is 0 Å². The van der Waals surface area contributed by atoms with Gasteiger partial charge in [-0.25, -0.2) is 0 Å². The molecule has 0 aliphatic carbocycles. The van der Waals surface area contributed by atoms with Crippen molar-refractivity contribution in [2.75, 3.05) is 32.6 Å². The Hall–Kier alpha value is -2.08. The fourth-order valence-electron chi connectivity index (χ4n) is 1.91. The SMILES string of the molecule is CN(C)C(=O)c1ccc2c(c1)N(C)C(=O)C(N)CO2. The van der Waals surface area contributed by atoms with Gasteiger partial charge in [0, 0.05) is 26.7 Å². The smallest absolute Gasteiger partial charge is 0.253 e. The third kappa shape index (κ3) is 2.39. The molecule has 102 valence electrons. The molecule has 1 aromatic carbocycles. The van der Waals surface area contributed by atoms with Crippen LogP contribution in [0, 0.1) is 0 Å². The zero-order chi connectivity index (χ0) is 14.2. The van der Waals surface area contributed by atoms with Crippen molar-refractivity contribution in [3.63, 3.8) is 0 Å². The van der Waals surface area contributed by atoms with Crippen LogP contribution in [0.4, 0.5) is 5.69 Å². The molecule has 6 nitrogen and oxygen atoms in total. The first-order valence-electron chi connectivity index (χ1n) is 5.93. The quantitative estimate of drug-likeness (QED) is 0.778. The van der Waals surface area contributed by atoms with E-state index in [1.807, 2.05) is 0 Å². The van der Waals surface area contributed by atoms with Crippen LogP contribution in [0.5, 0.6) is 5.75 Å². The normalized spacial score (nSPS) is 18.4. The van der Waals surface area contributed by atoms with Crippen LogP contribution in [0.15, 0.2) is 18.2 Å². The topological polar surface area (TPSA) is 75.9 Å². The standard InChI is InChI=1S/C13H17N3O3/c1-15(2)12(17)8-4-5-11-10(6-8)16(3)13(18)9(14)7-19-11/h4-6,9H,7,14H2,1-3H3. The molecule has 2 rings (SSSR count). The van der Waals surface area contributed by atoms with Crippen LogP contribution in [-0.2, 0) is 4.79 Å². The maximum Gasteiger partial charge on any atom is 0.253 e. The Labute approximate surface area is 111 Å². The average Bonchev–Trinajstić information content (AvgIpc) is 2.50. The number of carbonyl (C=O) groups is 2. The second kappa shape index (κ2) is 4.89. The van der Waals surface area contributed by atoms with Gasteiger partial charge in [0.05, 0.1) is 5.69 Å². The number of amides is 2. The Kier molecular flexibility index (Phi) is 3.44. The van der Waals surface area contributed by atoms with E-state index in [1.54, 1.807) is 39.3 Å². The highest BCUT2D eigenvalue weighted by atomic mass is 16.5. The minimum Gasteiger partial charge on any atom is -0.489 e. The number of anilines is 1. The van der Waals surface area contributed by atoms with Crippen molar-refractivity contribution < 1.29 is 14.3 Å². The van der Waals surface area contributed by atoms with Crippen LogP contribution in [0.2, 0.25) is 0 Å². The molecule has 19 heavy (non-hydrogen) atoms. The maximum atomic E-state index is 11.9. The summed E-state index contributed by atoms with van der Waals surface area (Å²) in [6.07, 6.45) is 0. The Balaban J connectivity index is 2.44. The fourth-order valence-corrected chi connectivity index (χ4v) is 1.91.